The molecule has 78 valence electrons. The Labute approximate surface area is 85.8 Å². The van der Waals surface area contributed by atoms with Gasteiger partial charge >= 0.3 is 5.97 Å². The van der Waals surface area contributed by atoms with Crippen LogP contribution < -0.4 is 17.3 Å². The molecule has 0 radical (unpaired) electrons. The average molecular weight is 208 g/mol. The first-order valence-electron chi connectivity index (χ1n) is 4.72. The van der Waals surface area contributed by atoms with Crippen LogP contribution in [0.25, 0.3) is 0 Å². The third-order valence-corrected chi connectivity index (χ3v) is 2.46. The molecular weight excluding hydrogens is 190 g/mol. The molecule has 0 bridgehead atoms. The first-order chi connectivity index (χ1) is 5.74. The monoisotopic (exact) mass is 207 g/mol. The Bertz CT molecular complexity index is 156. The molecule has 0 saturated carbocycles. The summed E-state index contributed by atoms with van der Waals surface area (Å²) in [6, 6.07) is 0. The minimum atomic E-state index is 0. The van der Waals surface area contributed by atoms with Crippen molar-refractivity contribution in [2.75, 3.05) is 26.7 Å². The number of halogens is 1. The summed E-state index contributed by atoms with van der Waals surface area (Å²) >= 11 is 0. The molecule has 1 fully saturated rings. The van der Waals surface area contributed by atoms with Crippen LogP contribution >= 0.6 is 0 Å². The van der Waals surface area contributed by atoms with Gasteiger partial charge in [0.25, 0.3) is 0 Å². The molecule has 13 heavy (non-hydrogen) atoms. The Hall–Kier alpha value is -0.280. The lowest BCUT2D eigenvalue weighted by molar-refractivity contribution is -0.885. The number of hydrogen-bond donors (Lipinski definition) is 1. The van der Waals surface area contributed by atoms with Crippen molar-refractivity contribution in [1.82, 2.24) is 0 Å². The summed E-state index contributed by atoms with van der Waals surface area (Å²) in [5.74, 6) is 0.179. The summed E-state index contributed by atoms with van der Waals surface area (Å²) in [7, 11) is 2.17. The lowest BCUT2D eigenvalue weighted by Crippen LogP contribution is -3.10. The van der Waals surface area contributed by atoms with Gasteiger partial charge in [-0.15, -0.1) is 0 Å². The van der Waals surface area contributed by atoms with Gasteiger partial charge in [0.1, 0.15) is 0 Å². The van der Waals surface area contributed by atoms with Crippen molar-refractivity contribution >= 4 is 5.97 Å². The predicted octanol–water partition coefficient (Wildman–Crippen LogP) is -3.52. The molecule has 1 N–H and O–H groups in total. The normalized spacial score (nSPS) is 27.5. The topological polar surface area (TPSA) is 30.7 Å². The quantitative estimate of drug-likeness (QED) is 0.476. The van der Waals surface area contributed by atoms with E-state index in [1.165, 1.54) is 4.90 Å². The third kappa shape index (κ3) is 3.96. The van der Waals surface area contributed by atoms with Crippen molar-refractivity contribution in [3.8, 4) is 0 Å². The molecule has 0 aromatic rings. The van der Waals surface area contributed by atoms with Crippen LogP contribution in [0.1, 0.15) is 19.8 Å². The highest BCUT2D eigenvalue weighted by Crippen LogP contribution is 2.10. The Morgan fingerprint density at radius 2 is 2.00 bits per heavy atom. The van der Waals surface area contributed by atoms with Gasteiger partial charge in [-0.3, -0.25) is 4.79 Å². The zero-order valence-corrected chi connectivity index (χ0v) is 9.06. The lowest BCUT2D eigenvalue weighted by atomic mass is 9.97. The van der Waals surface area contributed by atoms with Crippen molar-refractivity contribution in [1.29, 1.82) is 0 Å². The molecule has 1 heterocycles. The highest BCUT2D eigenvalue weighted by atomic mass is 35.5. The van der Waals surface area contributed by atoms with Crippen LogP contribution in [0.15, 0.2) is 0 Å². The van der Waals surface area contributed by atoms with Gasteiger partial charge < -0.3 is 22.0 Å². The molecule has 0 aromatic carbocycles. The number of hydrogen-bond acceptors (Lipinski definition) is 2. The number of nitrogens with one attached hydrogen (secondary N) is 1. The van der Waals surface area contributed by atoms with Crippen LogP contribution in [0, 0.1) is 5.92 Å². The van der Waals surface area contributed by atoms with E-state index < -0.39 is 0 Å². The molecule has 0 spiro atoms. The molecule has 1 aliphatic rings. The molecule has 0 aromatic heterocycles. The summed E-state index contributed by atoms with van der Waals surface area (Å²) < 4.78 is 4.97. The molecule has 3 nitrogen and oxygen atoms in total. The first kappa shape index (κ1) is 12.7. The van der Waals surface area contributed by atoms with E-state index in [2.05, 4.69) is 7.05 Å². The second-order valence-corrected chi connectivity index (χ2v) is 3.48. The summed E-state index contributed by atoms with van der Waals surface area (Å²) in [5.41, 5.74) is 0. The maximum absolute atomic E-state index is 11.3. The molecule has 1 saturated heterocycles. The molecule has 4 heteroatoms. The Balaban J connectivity index is 0.00000144. The highest BCUT2D eigenvalue weighted by molar-refractivity contribution is 5.72. The third-order valence-electron chi connectivity index (χ3n) is 2.46. The number of piperidine rings is 1. The zero-order chi connectivity index (χ0) is 8.97. The number of carbonyl (C=O) groups excluding carboxylic acids is 1. The fourth-order valence-corrected chi connectivity index (χ4v) is 1.61. The van der Waals surface area contributed by atoms with Gasteiger partial charge in [0.15, 0.2) is 0 Å². The van der Waals surface area contributed by atoms with E-state index in [1.54, 1.807) is 0 Å². The van der Waals surface area contributed by atoms with E-state index in [4.69, 9.17) is 4.74 Å². The molecule has 0 amide bonds. The van der Waals surface area contributed by atoms with Crippen molar-refractivity contribution < 1.29 is 26.8 Å². The maximum Gasteiger partial charge on any atom is 0.309 e. The smallest absolute Gasteiger partial charge is 0.309 e. The predicted molar refractivity (Wildman–Crippen MR) is 46.0 cm³/mol. The number of rotatable bonds is 2. The van der Waals surface area contributed by atoms with Gasteiger partial charge in [-0.05, 0) is 6.92 Å². The van der Waals surface area contributed by atoms with Crippen LogP contribution in [0.3, 0.4) is 0 Å². The van der Waals surface area contributed by atoms with Gasteiger partial charge in [-0.2, -0.15) is 0 Å². The largest absolute Gasteiger partial charge is 1.00 e. The van der Waals surface area contributed by atoms with Crippen LogP contribution in [0.5, 0.6) is 0 Å². The maximum atomic E-state index is 11.3. The van der Waals surface area contributed by atoms with Gasteiger partial charge in [0.05, 0.1) is 32.7 Å². The molecule has 0 atom stereocenters. The Morgan fingerprint density at radius 1 is 1.46 bits per heavy atom. The summed E-state index contributed by atoms with van der Waals surface area (Å²) in [6.07, 6.45) is 1.98. The van der Waals surface area contributed by atoms with E-state index in [0.29, 0.717) is 6.61 Å². The summed E-state index contributed by atoms with van der Waals surface area (Å²) in [5, 5.41) is 0. The van der Waals surface area contributed by atoms with E-state index in [0.717, 1.165) is 25.9 Å². The minimum Gasteiger partial charge on any atom is -1.00 e. The first-order valence-corrected chi connectivity index (χ1v) is 4.72. The fraction of sp³-hybridized carbons (Fsp3) is 0.889. The average Bonchev–Trinajstić information content (AvgIpc) is 2.06. The van der Waals surface area contributed by atoms with Crippen LogP contribution in [0.4, 0.5) is 0 Å². The van der Waals surface area contributed by atoms with Crippen LogP contribution in [-0.2, 0) is 9.53 Å². The SMILES string of the molecule is CCOC(=O)C1CC[NH+](C)CC1.[Cl-]. The van der Waals surface area contributed by atoms with Gasteiger partial charge in [-0.1, -0.05) is 0 Å². The van der Waals surface area contributed by atoms with E-state index in [-0.39, 0.29) is 24.3 Å². The number of carbonyl (C=O) groups is 1. The standard InChI is InChI=1S/C9H17NO2.ClH/c1-3-12-9(11)8-4-6-10(2)7-5-8;/h8H,3-7H2,1-2H3;1H. The summed E-state index contributed by atoms with van der Waals surface area (Å²) in [6.45, 7) is 4.57. The molecule has 1 aliphatic heterocycles. The van der Waals surface area contributed by atoms with Crippen LogP contribution in [0.2, 0.25) is 0 Å². The molecular formula is C9H18ClNO2. The Kier molecular flexibility index (Phi) is 6.08. The number of likely N-dealkylation sites (tertiary alicyclic amines) is 1. The van der Waals surface area contributed by atoms with Crippen LogP contribution in [-0.4, -0.2) is 32.7 Å². The van der Waals surface area contributed by atoms with Crippen molar-refractivity contribution in [2.24, 2.45) is 5.92 Å². The molecule has 0 aliphatic carbocycles. The van der Waals surface area contributed by atoms with Gasteiger partial charge in [0.2, 0.25) is 0 Å². The van der Waals surface area contributed by atoms with E-state index in [9.17, 15) is 4.79 Å². The minimum absolute atomic E-state index is 0. The summed E-state index contributed by atoms with van der Waals surface area (Å²) in [4.78, 5) is 12.8. The van der Waals surface area contributed by atoms with Gasteiger partial charge in [0, 0.05) is 12.8 Å². The van der Waals surface area contributed by atoms with Crippen molar-refractivity contribution in [3.05, 3.63) is 0 Å². The second kappa shape index (κ2) is 6.22. The lowest BCUT2D eigenvalue weighted by Gasteiger charge is -2.24. The number of ether oxygens (including phenoxy) is 1. The zero-order valence-electron chi connectivity index (χ0n) is 8.31. The molecule has 0 unspecified atom stereocenters. The van der Waals surface area contributed by atoms with E-state index >= 15 is 0 Å². The van der Waals surface area contributed by atoms with Gasteiger partial charge in [-0.25, -0.2) is 0 Å². The van der Waals surface area contributed by atoms with E-state index in [1.807, 2.05) is 6.92 Å². The van der Waals surface area contributed by atoms with Crippen molar-refractivity contribution in [3.63, 3.8) is 0 Å². The Morgan fingerprint density at radius 3 is 2.46 bits per heavy atom. The highest BCUT2D eigenvalue weighted by Gasteiger charge is 2.26. The number of esters is 1. The van der Waals surface area contributed by atoms with Crippen molar-refractivity contribution in [2.45, 2.75) is 19.8 Å². The number of quaternary nitrogens is 1. The molecule has 1 rings (SSSR count). The fourth-order valence-electron chi connectivity index (χ4n) is 1.61. The second-order valence-electron chi connectivity index (χ2n) is 3.48.